The van der Waals surface area contributed by atoms with Crippen LogP contribution >= 0.6 is 15.9 Å². The van der Waals surface area contributed by atoms with Crippen LogP contribution in [0.5, 0.6) is 5.75 Å². The SMILES string of the molecule is O=C(Nc1ccc([N+](=O)[O-])cc1)c1cc(Br)ccc1O. The number of nitrogens with zero attached hydrogens (tertiary/aromatic N) is 1. The zero-order valence-electron chi connectivity index (χ0n) is 10.0. The average molecular weight is 337 g/mol. The Bertz CT molecular complexity index is 671. The molecule has 0 aliphatic heterocycles. The second-order valence-corrected chi connectivity index (χ2v) is 4.84. The molecule has 0 spiro atoms. The molecule has 0 saturated heterocycles. The number of nitrogens with one attached hydrogen (secondary N) is 1. The molecule has 0 saturated carbocycles. The van der Waals surface area contributed by atoms with Gasteiger partial charge in [-0.2, -0.15) is 0 Å². The van der Waals surface area contributed by atoms with Crippen molar-refractivity contribution < 1.29 is 14.8 Å². The van der Waals surface area contributed by atoms with Crippen LogP contribution in [0.4, 0.5) is 11.4 Å². The minimum atomic E-state index is -0.522. The Kier molecular flexibility index (Phi) is 3.99. The van der Waals surface area contributed by atoms with Crippen LogP contribution in [0, 0.1) is 10.1 Å². The van der Waals surface area contributed by atoms with Crippen LogP contribution < -0.4 is 5.32 Å². The Morgan fingerprint density at radius 2 is 1.85 bits per heavy atom. The minimum absolute atomic E-state index is 0.0618. The summed E-state index contributed by atoms with van der Waals surface area (Å²) in [6.45, 7) is 0. The van der Waals surface area contributed by atoms with Gasteiger partial charge in [-0.15, -0.1) is 0 Å². The van der Waals surface area contributed by atoms with Crippen LogP contribution in [-0.2, 0) is 0 Å². The molecule has 20 heavy (non-hydrogen) atoms. The van der Waals surface area contributed by atoms with Crippen molar-refractivity contribution in [1.82, 2.24) is 0 Å². The van der Waals surface area contributed by atoms with E-state index < -0.39 is 10.8 Å². The number of phenols is 1. The number of hydrogen-bond donors (Lipinski definition) is 2. The Balaban J connectivity index is 2.19. The first kappa shape index (κ1) is 14.0. The third-order valence-electron chi connectivity index (χ3n) is 2.54. The largest absolute Gasteiger partial charge is 0.507 e. The van der Waals surface area contributed by atoms with Crippen molar-refractivity contribution in [3.05, 3.63) is 62.6 Å². The first-order valence-corrected chi connectivity index (χ1v) is 6.31. The Morgan fingerprint density at radius 3 is 2.45 bits per heavy atom. The van der Waals surface area contributed by atoms with Gasteiger partial charge in [-0.05, 0) is 30.3 Å². The molecule has 2 N–H and O–H groups in total. The van der Waals surface area contributed by atoms with Crippen LogP contribution in [0.15, 0.2) is 46.9 Å². The number of rotatable bonds is 3. The van der Waals surface area contributed by atoms with E-state index in [4.69, 9.17) is 0 Å². The molecule has 0 bridgehead atoms. The maximum absolute atomic E-state index is 12.0. The molecule has 0 atom stereocenters. The molecule has 0 heterocycles. The lowest BCUT2D eigenvalue weighted by atomic mass is 10.2. The van der Waals surface area contributed by atoms with Gasteiger partial charge < -0.3 is 10.4 Å². The fourth-order valence-electron chi connectivity index (χ4n) is 1.56. The molecule has 2 aromatic carbocycles. The van der Waals surface area contributed by atoms with Gasteiger partial charge in [-0.25, -0.2) is 0 Å². The fourth-order valence-corrected chi connectivity index (χ4v) is 1.92. The number of aromatic hydroxyl groups is 1. The summed E-state index contributed by atoms with van der Waals surface area (Å²) in [5.74, 6) is -0.648. The minimum Gasteiger partial charge on any atom is -0.507 e. The maximum Gasteiger partial charge on any atom is 0.269 e. The quantitative estimate of drug-likeness (QED) is 0.664. The molecule has 0 aliphatic carbocycles. The van der Waals surface area contributed by atoms with Crippen molar-refractivity contribution in [2.45, 2.75) is 0 Å². The summed E-state index contributed by atoms with van der Waals surface area (Å²) in [4.78, 5) is 22.0. The Hall–Kier alpha value is -2.41. The number of nitro groups is 1. The topological polar surface area (TPSA) is 92.5 Å². The number of anilines is 1. The zero-order chi connectivity index (χ0) is 14.7. The number of nitro benzene ring substituents is 1. The summed E-state index contributed by atoms with van der Waals surface area (Å²) in [6.07, 6.45) is 0. The van der Waals surface area contributed by atoms with Gasteiger partial charge in [0.25, 0.3) is 11.6 Å². The predicted molar refractivity (Wildman–Crippen MR) is 76.9 cm³/mol. The van der Waals surface area contributed by atoms with Crippen LogP contribution in [0.1, 0.15) is 10.4 Å². The zero-order valence-corrected chi connectivity index (χ0v) is 11.6. The van der Waals surface area contributed by atoms with E-state index in [1.165, 1.54) is 36.4 Å². The lowest BCUT2D eigenvalue weighted by Crippen LogP contribution is -2.12. The highest BCUT2D eigenvalue weighted by Gasteiger charge is 2.12. The van der Waals surface area contributed by atoms with E-state index >= 15 is 0 Å². The highest BCUT2D eigenvalue weighted by Crippen LogP contribution is 2.23. The van der Waals surface area contributed by atoms with Gasteiger partial charge in [-0.3, -0.25) is 14.9 Å². The maximum atomic E-state index is 12.0. The summed E-state index contributed by atoms with van der Waals surface area (Å²) in [7, 11) is 0. The molecule has 0 aromatic heterocycles. The number of halogens is 1. The average Bonchev–Trinajstić information content (AvgIpc) is 2.42. The Morgan fingerprint density at radius 1 is 1.20 bits per heavy atom. The highest BCUT2D eigenvalue weighted by atomic mass is 79.9. The summed E-state index contributed by atoms with van der Waals surface area (Å²) >= 11 is 3.21. The Labute approximate surface area is 122 Å². The highest BCUT2D eigenvalue weighted by molar-refractivity contribution is 9.10. The van der Waals surface area contributed by atoms with Crippen molar-refractivity contribution in [2.24, 2.45) is 0 Å². The molecule has 7 heteroatoms. The van der Waals surface area contributed by atoms with E-state index in [-0.39, 0.29) is 17.0 Å². The first-order chi connectivity index (χ1) is 9.47. The summed E-state index contributed by atoms with van der Waals surface area (Å²) in [6, 6.07) is 9.91. The lowest BCUT2D eigenvalue weighted by Gasteiger charge is -2.07. The number of benzene rings is 2. The van der Waals surface area contributed by atoms with Crippen LogP contribution in [0.2, 0.25) is 0 Å². The molecule has 2 aromatic rings. The van der Waals surface area contributed by atoms with Gasteiger partial charge in [0.2, 0.25) is 0 Å². The van der Waals surface area contributed by atoms with Crippen LogP contribution in [-0.4, -0.2) is 15.9 Å². The van der Waals surface area contributed by atoms with E-state index in [1.54, 1.807) is 6.07 Å². The summed E-state index contributed by atoms with van der Waals surface area (Å²) in [5.41, 5.74) is 0.450. The van der Waals surface area contributed by atoms with E-state index in [0.29, 0.717) is 10.2 Å². The number of non-ortho nitro benzene ring substituents is 1. The monoisotopic (exact) mass is 336 g/mol. The number of amides is 1. The van der Waals surface area contributed by atoms with Crippen molar-refractivity contribution in [3.63, 3.8) is 0 Å². The van der Waals surface area contributed by atoms with Crippen molar-refractivity contribution in [1.29, 1.82) is 0 Å². The number of carbonyl (C=O) groups is 1. The van der Waals surface area contributed by atoms with E-state index in [2.05, 4.69) is 21.2 Å². The number of hydrogen-bond acceptors (Lipinski definition) is 4. The molecular formula is C13H9BrN2O4. The number of carbonyl (C=O) groups excluding carboxylic acids is 1. The molecule has 0 fully saturated rings. The van der Waals surface area contributed by atoms with Crippen molar-refractivity contribution in [3.8, 4) is 5.75 Å². The van der Waals surface area contributed by atoms with E-state index in [1.807, 2.05) is 0 Å². The second-order valence-electron chi connectivity index (χ2n) is 3.92. The van der Waals surface area contributed by atoms with Gasteiger partial charge in [0.05, 0.1) is 10.5 Å². The third-order valence-corrected chi connectivity index (χ3v) is 3.03. The molecule has 2 rings (SSSR count). The van der Waals surface area contributed by atoms with E-state index in [0.717, 1.165) is 0 Å². The van der Waals surface area contributed by atoms with Crippen molar-refractivity contribution in [2.75, 3.05) is 5.32 Å². The summed E-state index contributed by atoms with van der Waals surface area (Å²) < 4.78 is 0.657. The first-order valence-electron chi connectivity index (χ1n) is 5.51. The number of phenolic OH excluding ortho intramolecular Hbond substituents is 1. The molecular weight excluding hydrogens is 328 g/mol. The second kappa shape index (κ2) is 5.70. The summed E-state index contributed by atoms with van der Waals surface area (Å²) in [5, 5.41) is 22.7. The lowest BCUT2D eigenvalue weighted by molar-refractivity contribution is -0.384. The smallest absolute Gasteiger partial charge is 0.269 e. The molecule has 0 aliphatic rings. The van der Waals surface area contributed by atoms with E-state index in [9.17, 15) is 20.0 Å². The molecule has 0 unspecified atom stereocenters. The van der Waals surface area contributed by atoms with Gasteiger partial charge >= 0.3 is 0 Å². The van der Waals surface area contributed by atoms with Gasteiger partial charge in [-0.1, -0.05) is 15.9 Å². The van der Waals surface area contributed by atoms with Crippen LogP contribution in [0.25, 0.3) is 0 Å². The van der Waals surface area contributed by atoms with Gasteiger partial charge in [0, 0.05) is 22.3 Å². The third kappa shape index (κ3) is 3.12. The standard InChI is InChI=1S/C13H9BrN2O4/c14-8-1-6-12(17)11(7-8)13(18)15-9-2-4-10(5-3-9)16(19)20/h1-7,17H,(H,15,18). The molecule has 6 nitrogen and oxygen atoms in total. The van der Waals surface area contributed by atoms with Crippen LogP contribution in [0.3, 0.4) is 0 Å². The molecule has 1 amide bonds. The predicted octanol–water partition coefficient (Wildman–Crippen LogP) is 3.32. The van der Waals surface area contributed by atoms with Gasteiger partial charge in [0.15, 0.2) is 0 Å². The van der Waals surface area contributed by atoms with Gasteiger partial charge in [0.1, 0.15) is 5.75 Å². The molecule has 102 valence electrons. The molecule has 0 radical (unpaired) electrons. The fraction of sp³-hybridized carbons (Fsp3) is 0. The normalized spacial score (nSPS) is 10.1. The van der Waals surface area contributed by atoms with Crippen molar-refractivity contribution >= 4 is 33.2 Å².